The molecular weight excluding hydrogens is 286 g/mol. The zero-order chi connectivity index (χ0) is 17.3. The molecule has 4 nitrogen and oxygen atoms in total. The van der Waals surface area contributed by atoms with Gasteiger partial charge >= 0.3 is 0 Å². The van der Waals surface area contributed by atoms with Gasteiger partial charge in [0.25, 0.3) is 0 Å². The molecule has 0 radical (unpaired) electrons. The van der Waals surface area contributed by atoms with E-state index in [1.165, 1.54) is 62.7 Å². The first-order chi connectivity index (χ1) is 11.1. The van der Waals surface area contributed by atoms with Gasteiger partial charge in [-0.3, -0.25) is 15.1 Å². The Kier molecular flexibility index (Phi) is 15.1. The second-order valence-electron chi connectivity index (χ2n) is 6.57. The lowest BCUT2D eigenvalue weighted by atomic mass is 10.1. The predicted molar refractivity (Wildman–Crippen MR) is 99.6 cm³/mol. The number of nitrogens with two attached hydrogens (primary N) is 1. The first kappa shape index (κ1) is 21.9. The second kappa shape index (κ2) is 15.8. The van der Waals surface area contributed by atoms with Gasteiger partial charge in [0.1, 0.15) is 0 Å². The SMILES string of the molecule is CCCCCCCCCCCCCC(=O)N(CCCC)C(=N)N. The van der Waals surface area contributed by atoms with Crippen molar-refractivity contribution in [1.82, 2.24) is 4.90 Å². The molecule has 0 unspecified atom stereocenters. The van der Waals surface area contributed by atoms with Crippen LogP contribution in [0, 0.1) is 5.41 Å². The number of unbranched alkanes of at least 4 members (excludes halogenated alkanes) is 11. The van der Waals surface area contributed by atoms with Gasteiger partial charge < -0.3 is 5.73 Å². The summed E-state index contributed by atoms with van der Waals surface area (Å²) >= 11 is 0. The van der Waals surface area contributed by atoms with Crippen molar-refractivity contribution in [3.63, 3.8) is 0 Å². The maximum atomic E-state index is 12.1. The van der Waals surface area contributed by atoms with Gasteiger partial charge in [0.05, 0.1) is 0 Å². The van der Waals surface area contributed by atoms with Crippen molar-refractivity contribution in [2.45, 2.75) is 104 Å². The molecule has 23 heavy (non-hydrogen) atoms. The van der Waals surface area contributed by atoms with E-state index >= 15 is 0 Å². The minimum absolute atomic E-state index is 0.0156. The normalized spacial score (nSPS) is 10.7. The standard InChI is InChI=1S/C19H39N3O/c1-3-5-7-8-9-10-11-12-13-14-15-16-18(23)22(19(20)21)17-6-4-2/h3-17H2,1-2H3,(H3,20,21). The molecule has 0 aliphatic heterocycles. The van der Waals surface area contributed by atoms with E-state index in [0.717, 1.165) is 25.7 Å². The molecule has 136 valence electrons. The molecule has 0 rings (SSSR count). The Labute approximate surface area is 143 Å². The van der Waals surface area contributed by atoms with E-state index in [1.54, 1.807) is 0 Å². The van der Waals surface area contributed by atoms with Gasteiger partial charge in [0.15, 0.2) is 5.96 Å². The molecular formula is C19H39N3O. The van der Waals surface area contributed by atoms with Gasteiger partial charge in [-0.1, -0.05) is 84.5 Å². The Morgan fingerprint density at radius 1 is 0.783 bits per heavy atom. The topological polar surface area (TPSA) is 70.2 Å². The number of carbonyl (C=O) groups is 1. The van der Waals surface area contributed by atoms with Crippen LogP contribution in [0.4, 0.5) is 0 Å². The van der Waals surface area contributed by atoms with Crippen molar-refractivity contribution >= 4 is 11.9 Å². The Hall–Kier alpha value is -1.06. The first-order valence-electron chi connectivity index (χ1n) is 9.77. The number of nitrogens with zero attached hydrogens (tertiary/aromatic N) is 1. The number of amides is 1. The van der Waals surface area contributed by atoms with Gasteiger partial charge in [-0.2, -0.15) is 0 Å². The van der Waals surface area contributed by atoms with Gasteiger partial charge in [-0.05, 0) is 12.8 Å². The Morgan fingerprint density at radius 2 is 1.22 bits per heavy atom. The summed E-state index contributed by atoms with van der Waals surface area (Å²) in [4.78, 5) is 13.5. The van der Waals surface area contributed by atoms with Crippen LogP contribution in [0.15, 0.2) is 0 Å². The quantitative estimate of drug-likeness (QED) is 0.246. The molecule has 1 amide bonds. The Balaban J connectivity index is 3.52. The summed E-state index contributed by atoms with van der Waals surface area (Å²) in [6.45, 7) is 4.92. The first-order valence-corrected chi connectivity index (χ1v) is 9.77. The third-order valence-corrected chi connectivity index (χ3v) is 4.32. The fourth-order valence-corrected chi connectivity index (χ4v) is 2.77. The van der Waals surface area contributed by atoms with Gasteiger partial charge in [-0.25, -0.2) is 0 Å². The summed E-state index contributed by atoms with van der Waals surface area (Å²) in [6, 6.07) is 0. The van der Waals surface area contributed by atoms with Crippen LogP contribution in [0.5, 0.6) is 0 Å². The molecule has 0 saturated heterocycles. The fraction of sp³-hybridized carbons (Fsp3) is 0.895. The van der Waals surface area contributed by atoms with E-state index in [0.29, 0.717) is 13.0 Å². The number of hydrogen-bond acceptors (Lipinski definition) is 2. The van der Waals surface area contributed by atoms with Crippen LogP contribution in [0.2, 0.25) is 0 Å². The van der Waals surface area contributed by atoms with E-state index < -0.39 is 0 Å². The Morgan fingerprint density at radius 3 is 1.65 bits per heavy atom. The molecule has 0 aliphatic carbocycles. The lowest BCUT2D eigenvalue weighted by molar-refractivity contribution is -0.127. The van der Waals surface area contributed by atoms with Crippen LogP contribution in [0.3, 0.4) is 0 Å². The molecule has 0 saturated carbocycles. The average Bonchev–Trinajstić information content (AvgIpc) is 2.52. The van der Waals surface area contributed by atoms with Crippen molar-refractivity contribution in [2.75, 3.05) is 6.54 Å². The third-order valence-electron chi connectivity index (χ3n) is 4.32. The van der Waals surface area contributed by atoms with Gasteiger partial charge in [0, 0.05) is 13.0 Å². The summed E-state index contributed by atoms with van der Waals surface area (Å²) in [5, 5.41) is 7.50. The number of guanidine groups is 1. The van der Waals surface area contributed by atoms with Crippen LogP contribution < -0.4 is 5.73 Å². The fourth-order valence-electron chi connectivity index (χ4n) is 2.77. The minimum atomic E-state index is -0.105. The molecule has 0 aliphatic rings. The lowest BCUT2D eigenvalue weighted by Gasteiger charge is -2.20. The van der Waals surface area contributed by atoms with Crippen LogP contribution in [0.1, 0.15) is 104 Å². The zero-order valence-electron chi connectivity index (χ0n) is 15.5. The van der Waals surface area contributed by atoms with Crippen molar-refractivity contribution < 1.29 is 4.79 Å². The van der Waals surface area contributed by atoms with E-state index in [-0.39, 0.29) is 11.9 Å². The largest absolute Gasteiger partial charge is 0.370 e. The smallest absolute Gasteiger partial charge is 0.229 e. The van der Waals surface area contributed by atoms with Crippen molar-refractivity contribution in [1.29, 1.82) is 5.41 Å². The van der Waals surface area contributed by atoms with Gasteiger partial charge in [0.2, 0.25) is 5.91 Å². The Bertz CT molecular complexity index is 305. The second-order valence-corrected chi connectivity index (χ2v) is 6.57. The monoisotopic (exact) mass is 325 g/mol. The van der Waals surface area contributed by atoms with Crippen molar-refractivity contribution in [3.8, 4) is 0 Å². The molecule has 0 aromatic carbocycles. The molecule has 0 atom stereocenters. The highest BCUT2D eigenvalue weighted by molar-refractivity contribution is 5.94. The van der Waals surface area contributed by atoms with Crippen LogP contribution in [-0.2, 0) is 4.79 Å². The zero-order valence-corrected chi connectivity index (χ0v) is 15.5. The highest BCUT2D eigenvalue weighted by Gasteiger charge is 2.14. The number of rotatable bonds is 15. The summed E-state index contributed by atoms with van der Waals surface area (Å²) in [5.41, 5.74) is 5.50. The van der Waals surface area contributed by atoms with Crippen molar-refractivity contribution in [3.05, 3.63) is 0 Å². The summed E-state index contributed by atoms with van der Waals surface area (Å²) in [5.74, 6) is -0.0894. The molecule has 3 N–H and O–H groups in total. The predicted octanol–water partition coefficient (Wildman–Crippen LogP) is 5.21. The van der Waals surface area contributed by atoms with E-state index in [4.69, 9.17) is 11.1 Å². The number of hydrogen-bond donors (Lipinski definition) is 2. The number of carbonyl (C=O) groups excluding carboxylic acids is 1. The third kappa shape index (κ3) is 13.1. The van der Waals surface area contributed by atoms with E-state index in [2.05, 4.69) is 13.8 Å². The highest BCUT2D eigenvalue weighted by Crippen LogP contribution is 2.12. The van der Waals surface area contributed by atoms with Crippen LogP contribution in [0.25, 0.3) is 0 Å². The molecule has 0 spiro atoms. The average molecular weight is 326 g/mol. The minimum Gasteiger partial charge on any atom is -0.370 e. The van der Waals surface area contributed by atoms with E-state index in [1.807, 2.05) is 0 Å². The number of nitrogens with one attached hydrogen (secondary N) is 1. The summed E-state index contributed by atoms with van der Waals surface area (Å²) in [6.07, 6.45) is 16.5. The highest BCUT2D eigenvalue weighted by atomic mass is 16.2. The molecule has 0 bridgehead atoms. The molecule has 0 heterocycles. The molecule has 0 aromatic heterocycles. The van der Waals surface area contributed by atoms with Gasteiger partial charge in [-0.15, -0.1) is 0 Å². The maximum absolute atomic E-state index is 12.1. The molecule has 0 fully saturated rings. The van der Waals surface area contributed by atoms with E-state index in [9.17, 15) is 4.79 Å². The maximum Gasteiger partial charge on any atom is 0.229 e. The van der Waals surface area contributed by atoms with Crippen LogP contribution >= 0.6 is 0 Å². The summed E-state index contributed by atoms with van der Waals surface area (Å²) in [7, 11) is 0. The van der Waals surface area contributed by atoms with Crippen LogP contribution in [-0.4, -0.2) is 23.3 Å². The molecule has 0 aromatic rings. The lowest BCUT2D eigenvalue weighted by Crippen LogP contribution is -2.41. The molecule has 4 heteroatoms. The van der Waals surface area contributed by atoms with Crippen molar-refractivity contribution in [2.24, 2.45) is 5.73 Å². The summed E-state index contributed by atoms with van der Waals surface area (Å²) < 4.78 is 0.